The Hall–Kier alpha value is -2.03. The highest BCUT2D eigenvalue weighted by molar-refractivity contribution is 5.97. The smallest absolute Gasteiger partial charge is 0.250 e. The van der Waals surface area contributed by atoms with Crippen LogP contribution in [0.2, 0.25) is 0 Å². The molecule has 88 valence electrons. The lowest BCUT2D eigenvalue weighted by atomic mass is 10.1. The van der Waals surface area contributed by atoms with Crippen LogP contribution in [0.15, 0.2) is 30.3 Å². The zero-order valence-electron chi connectivity index (χ0n) is 10.3. The molecule has 3 heteroatoms. The van der Waals surface area contributed by atoms with Crippen molar-refractivity contribution < 1.29 is 4.79 Å². The maximum Gasteiger partial charge on any atom is 0.250 e. The molecule has 17 heavy (non-hydrogen) atoms. The summed E-state index contributed by atoms with van der Waals surface area (Å²) in [6, 6.07) is 10.0. The molecular formula is C14H16N2O. The van der Waals surface area contributed by atoms with Crippen LogP contribution in [-0.4, -0.2) is 10.5 Å². The predicted molar refractivity (Wildman–Crippen MR) is 68.8 cm³/mol. The van der Waals surface area contributed by atoms with Gasteiger partial charge in [0.1, 0.15) is 0 Å². The lowest BCUT2D eigenvalue weighted by molar-refractivity contribution is 0.0999. The van der Waals surface area contributed by atoms with Crippen LogP contribution < -0.4 is 5.73 Å². The van der Waals surface area contributed by atoms with Gasteiger partial charge in [-0.05, 0) is 25.0 Å². The number of hydrogen-bond acceptors (Lipinski definition) is 1. The molecule has 0 saturated heterocycles. The van der Waals surface area contributed by atoms with E-state index in [1.807, 2.05) is 55.8 Å². The Bertz CT molecular complexity index is 568. The number of nitrogens with zero attached hydrogens (tertiary/aromatic N) is 1. The summed E-state index contributed by atoms with van der Waals surface area (Å²) in [6.07, 6.45) is 0. The number of hydrogen-bond donors (Lipinski definition) is 1. The molecule has 0 aliphatic heterocycles. The molecule has 0 saturated carbocycles. The van der Waals surface area contributed by atoms with Crippen molar-refractivity contribution in [2.75, 3.05) is 0 Å². The number of aromatic nitrogens is 1. The third-order valence-electron chi connectivity index (χ3n) is 3.22. The molecule has 2 N–H and O–H groups in total. The molecule has 0 aliphatic rings. The van der Waals surface area contributed by atoms with E-state index in [1.54, 1.807) is 0 Å². The van der Waals surface area contributed by atoms with Gasteiger partial charge in [-0.15, -0.1) is 0 Å². The van der Waals surface area contributed by atoms with E-state index in [1.165, 1.54) is 0 Å². The number of amides is 1. The Morgan fingerprint density at radius 3 is 2.24 bits per heavy atom. The Labute approximate surface area is 101 Å². The number of carbonyl (C=O) groups is 1. The van der Waals surface area contributed by atoms with Crippen molar-refractivity contribution in [1.29, 1.82) is 0 Å². The van der Waals surface area contributed by atoms with Gasteiger partial charge < -0.3 is 10.3 Å². The minimum absolute atomic E-state index is 0.363. The maximum absolute atomic E-state index is 11.4. The molecule has 0 fully saturated rings. The Morgan fingerprint density at radius 1 is 1.18 bits per heavy atom. The van der Waals surface area contributed by atoms with Gasteiger partial charge in [-0.25, -0.2) is 0 Å². The van der Waals surface area contributed by atoms with Gasteiger partial charge in [0, 0.05) is 12.7 Å². The topological polar surface area (TPSA) is 48.0 Å². The Balaban J connectivity index is 2.72. The van der Waals surface area contributed by atoms with Gasteiger partial charge in [-0.3, -0.25) is 4.79 Å². The lowest BCUT2D eigenvalue weighted by Gasteiger charge is -2.06. The monoisotopic (exact) mass is 228 g/mol. The van der Waals surface area contributed by atoms with Gasteiger partial charge in [0.05, 0.1) is 11.3 Å². The zero-order valence-corrected chi connectivity index (χ0v) is 10.3. The minimum Gasteiger partial charge on any atom is -0.366 e. The molecule has 0 unspecified atom stereocenters. The van der Waals surface area contributed by atoms with Gasteiger partial charge in [0.15, 0.2) is 0 Å². The van der Waals surface area contributed by atoms with Crippen molar-refractivity contribution >= 4 is 5.91 Å². The van der Waals surface area contributed by atoms with Crippen molar-refractivity contribution in [2.24, 2.45) is 12.8 Å². The van der Waals surface area contributed by atoms with Crippen molar-refractivity contribution in [3.05, 3.63) is 47.2 Å². The minimum atomic E-state index is -0.363. The first-order valence-electron chi connectivity index (χ1n) is 5.55. The maximum atomic E-state index is 11.4. The summed E-state index contributed by atoms with van der Waals surface area (Å²) in [5.41, 5.74) is 10.1. The molecule has 0 atom stereocenters. The standard InChI is InChI=1S/C14H16N2O/c1-9-12(14(15)17)10(2)16(3)13(9)11-7-5-4-6-8-11/h4-8H,1-3H3,(H2,15,17). The van der Waals surface area contributed by atoms with Gasteiger partial charge >= 0.3 is 0 Å². The molecule has 0 spiro atoms. The average molecular weight is 228 g/mol. The van der Waals surface area contributed by atoms with E-state index in [2.05, 4.69) is 0 Å². The fraction of sp³-hybridized carbons (Fsp3) is 0.214. The van der Waals surface area contributed by atoms with E-state index < -0.39 is 0 Å². The number of benzene rings is 1. The highest BCUT2D eigenvalue weighted by Crippen LogP contribution is 2.29. The molecule has 1 aromatic carbocycles. The molecule has 3 nitrogen and oxygen atoms in total. The summed E-state index contributed by atoms with van der Waals surface area (Å²) in [5.74, 6) is -0.363. The summed E-state index contributed by atoms with van der Waals surface area (Å²) in [5, 5.41) is 0. The number of primary amides is 1. The van der Waals surface area contributed by atoms with Crippen LogP contribution >= 0.6 is 0 Å². The second kappa shape index (κ2) is 4.09. The molecule has 1 amide bonds. The number of rotatable bonds is 2. The normalized spacial score (nSPS) is 10.5. The van der Waals surface area contributed by atoms with Gasteiger partial charge in [0.25, 0.3) is 5.91 Å². The SMILES string of the molecule is Cc1c(C(N)=O)c(C)n(C)c1-c1ccccc1. The Morgan fingerprint density at radius 2 is 1.76 bits per heavy atom. The van der Waals surface area contributed by atoms with E-state index in [9.17, 15) is 4.79 Å². The highest BCUT2D eigenvalue weighted by atomic mass is 16.1. The highest BCUT2D eigenvalue weighted by Gasteiger charge is 2.19. The quantitative estimate of drug-likeness (QED) is 0.843. The number of carbonyl (C=O) groups excluding carboxylic acids is 1. The van der Waals surface area contributed by atoms with Crippen LogP contribution in [0, 0.1) is 13.8 Å². The zero-order chi connectivity index (χ0) is 12.6. The van der Waals surface area contributed by atoms with Crippen LogP contribution in [0.25, 0.3) is 11.3 Å². The van der Waals surface area contributed by atoms with E-state index in [0.717, 1.165) is 22.5 Å². The first kappa shape index (κ1) is 11.5. The molecule has 0 radical (unpaired) electrons. The second-order valence-corrected chi connectivity index (χ2v) is 4.22. The first-order chi connectivity index (χ1) is 8.04. The Kier molecular flexibility index (Phi) is 2.76. The van der Waals surface area contributed by atoms with Gasteiger partial charge in [0.2, 0.25) is 0 Å². The molecule has 1 heterocycles. The van der Waals surface area contributed by atoms with E-state index in [0.29, 0.717) is 5.56 Å². The molecule has 1 aromatic heterocycles. The molecule has 2 rings (SSSR count). The predicted octanol–water partition coefficient (Wildman–Crippen LogP) is 2.41. The lowest BCUT2D eigenvalue weighted by Crippen LogP contribution is -2.13. The summed E-state index contributed by atoms with van der Waals surface area (Å²) < 4.78 is 2.02. The first-order valence-corrected chi connectivity index (χ1v) is 5.55. The fourth-order valence-corrected chi connectivity index (χ4v) is 2.35. The van der Waals surface area contributed by atoms with E-state index >= 15 is 0 Å². The molecule has 2 aromatic rings. The average Bonchev–Trinajstić information content (AvgIpc) is 2.51. The van der Waals surface area contributed by atoms with Crippen molar-refractivity contribution in [2.45, 2.75) is 13.8 Å². The summed E-state index contributed by atoms with van der Waals surface area (Å²) >= 11 is 0. The van der Waals surface area contributed by atoms with Crippen LogP contribution in [0.3, 0.4) is 0 Å². The van der Waals surface area contributed by atoms with Crippen LogP contribution in [-0.2, 0) is 7.05 Å². The summed E-state index contributed by atoms with van der Waals surface area (Å²) in [4.78, 5) is 11.4. The van der Waals surface area contributed by atoms with E-state index in [4.69, 9.17) is 5.73 Å². The van der Waals surface area contributed by atoms with Gasteiger partial charge in [-0.1, -0.05) is 30.3 Å². The van der Waals surface area contributed by atoms with E-state index in [-0.39, 0.29) is 5.91 Å². The second-order valence-electron chi connectivity index (χ2n) is 4.22. The molecule has 0 bridgehead atoms. The third kappa shape index (κ3) is 1.73. The van der Waals surface area contributed by atoms with Crippen molar-refractivity contribution in [1.82, 2.24) is 4.57 Å². The van der Waals surface area contributed by atoms with Crippen molar-refractivity contribution in [3.8, 4) is 11.3 Å². The molecule has 0 aliphatic carbocycles. The number of nitrogens with two attached hydrogens (primary N) is 1. The van der Waals surface area contributed by atoms with Crippen LogP contribution in [0.1, 0.15) is 21.6 Å². The summed E-state index contributed by atoms with van der Waals surface area (Å²) in [7, 11) is 1.96. The molecular weight excluding hydrogens is 212 g/mol. The summed E-state index contributed by atoms with van der Waals surface area (Å²) in [6.45, 7) is 3.86. The van der Waals surface area contributed by atoms with Crippen LogP contribution in [0.5, 0.6) is 0 Å². The fourth-order valence-electron chi connectivity index (χ4n) is 2.35. The largest absolute Gasteiger partial charge is 0.366 e. The van der Waals surface area contributed by atoms with Crippen LogP contribution in [0.4, 0.5) is 0 Å². The third-order valence-corrected chi connectivity index (χ3v) is 3.22. The van der Waals surface area contributed by atoms with Gasteiger partial charge in [-0.2, -0.15) is 0 Å². The van der Waals surface area contributed by atoms with Crippen molar-refractivity contribution in [3.63, 3.8) is 0 Å².